The highest BCUT2D eigenvalue weighted by Gasteiger charge is 2.11. The minimum atomic E-state index is -0.309. The van der Waals surface area contributed by atoms with Gasteiger partial charge >= 0.3 is 0 Å². The predicted molar refractivity (Wildman–Crippen MR) is 91.7 cm³/mol. The van der Waals surface area contributed by atoms with Crippen molar-refractivity contribution in [3.8, 4) is 5.69 Å². The number of carbonyl (C=O) groups is 1. The molecule has 0 aliphatic rings. The third kappa shape index (κ3) is 3.87. The molecule has 0 unspecified atom stereocenters. The van der Waals surface area contributed by atoms with E-state index in [0.29, 0.717) is 24.3 Å². The van der Waals surface area contributed by atoms with Gasteiger partial charge in [0.2, 0.25) is 5.91 Å². The molecule has 0 spiro atoms. The average Bonchev–Trinajstić information content (AvgIpc) is 2.95. The van der Waals surface area contributed by atoms with Gasteiger partial charge in [-0.25, -0.2) is 9.07 Å². The molecule has 4 nitrogen and oxygen atoms in total. The first kappa shape index (κ1) is 15.9. The summed E-state index contributed by atoms with van der Waals surface area (Å²) in [7, 11) is 0. The first-order chi connectivity index (χ1) is 11.6. The van der Waals surface area contributed by atoms with E-state index in [0.717, 1.165) is 11.3 Å². The lowest BCUT2D eigenvalue weighted by molar-refractivity contribution is -0.116. The molecule has 0 radical (unpaired) electrons. The second-order valence-electron chi connectivity index (χ2n) is 5.59. The number of nitrogens with one attached hydrogen (secondary N) is 1. The molecule has 5 heteroatoms. The van der Waals surface area contributed by atoms with Crippen LogP contribution in [0.5, 0.6) is 0 Å². The van der Waals surface area contributed by atoms with Gasteiger partial charge in [-0.2, -0.15) is 5.10 Å². The van der Waals surface area contributed by atoms with E-state index in [1.807, 2.05) is 37.3 Å². The molecule has 0 aliphatic carbocycles. The van der Waals surface area contributed by atoms with E-state index in [4.69, 9.17) is 0 Å². The molecule has 0 saturated carbocycles. The summed E-state index contributed by atoms with van der Waals surface area (Å²) in [4.78, 5) is 12.2. The number of amides is 1. The molecule has 24 heavy (non-hydrogen) atoms. The summed E-state index contributed by atoms with van der Waals surface area (Å²) in [6.07, 6.45) is 1.06. The van der Waals surface area contributed by atoms with E-state index in [1.54, 1.807) is 22.9 Å². The SMILES string of the molecule is Cc1cc(NC(=O)CCc2ccccc2)n(-c2ccc(F)cc2)n1. The van der Waals surface area contributed by atoms with Crippen molar-refractivity contribution in [2.75, 3.05) is 5.32 Å². The molecule has 0 atom stereocenters. The number of hydrogen-bond donors (Lipinski definition) is 1. The Balaban J connectivity index is 1.71. The molecule has 3 rings (SSSR count). The lowest BCUT2D eigenvalue weighted by atomic mass is 10.1. The first-order valence-electron chi connectivity index (χ1n) is 7.78. The Labute approximate surface area is 139 Å². The number of aryl methyl sites for hydroxylation is 2. The third-order valence-corrected chi connectivity index (χ3v) is 3.65. The number of nitrogens with zero attached hydrogens (tertiary/aromatic N) is 2. The Hall–Kier alpha value is -2.95. The summed E-state index contributed by atoms with van der Waals surface area (Å²) >= 11 is 0. The highest BCUT2D eigenvalue weighted by molar-refractivity contribution is 5.90. The fourth-order valence-corrected chi connectivity index (χ4v) is 2.48. The maximum absolute atomic E-state index is 13.1. The number of hydrogen-bond acceptors (Lipinski definition) is 2. The number of rotatable bonds is 5. The molecule has 1 heterocycles. The van der Waals surface area contributed by atoms with Crippen molar-refractivity contribution in [1.82, 2.24) is 9.78 Å². The minimum absolute atomic E-state index is 0.0814. The van der Waals surface area contributed by atoms with Gasteiger partial charge in [-0.05, 0) is 43.2 Å². The molecule has 122 valence electrons. The molecular weight excluding hydrogens is 305 g/mol. The maximum Gasteiger partial charge on any atom is 0.225 e. The number of anilines is 1. The molecule has 0 bridgehead atoms. The van der Waals surface area contributed by atoms with Gasteiger partial charge in [0.25, 0.3) is 0 Å². The summed E-state index contributed by atoms with van der Waals surface area (Å²) < 4.78 is 14.7. The van der Waals surface area contributed by atoms with Crippen LogP contribution >= 0.6 is 0 Å². The quantitative estimate of drug-likeness (QED) is 0.774. The van der Waals surface area contributed by atoms with Crippen LogP contribution in [-0.2, 0) is 11.2 Å². The highest BCUT2D eigenvalue weighted by atomic mass is 19.1. The normalized spacial score (nSPS) is 10.6. The summed E-state index contributed by atoms with van der Waals surface area (Å²) in [5.41, 5.74) is 2.59. The Kier molecular flexibility index (Phi) is 4.70. The standard InChI is InChI=1S/C19H18FN3O/c1-14-13-18(23(22-14)17-10-8-16(20)9-11-17)21-19(24)12-7-15-5-3-2-4-6-15/h2-6,8-11,13H,7,12H2,1H3,(H,21,24). The Morgan fingerprint density at radius 1 is 1.12 bits per heavy atom. The van der Waals surface area contributed by atoms with E-state index in [1.165, 1.54) is 12.1 Å². The molecule has 0 saturated heterocycles. The highest BCUT2D eigenvalue weighted by Crippen LogP contribution is 2.18. The van der Waals surface area contributed by atoms with Crippen molar-refractivity contribution in [2.24, 2.45) is 0 Å². The van der Waals surface area contributed by atoms with E-state index in [9.17, 15) is 9.18 Å². The molecule has 1 aromatic heterocycles. The summed E-state index contributed by atoms with van der Waals surface area (Å²) in [6.45, 7) is 1.85. The van der Waals surface area contributed by atoms with Crippen LogP contribution in [0, 0.1) is 12.7 Å². The molecule has 1 amide bonds. The average molecular weight is 323 g/mol. The van der Waals surface area contributed by atoms with Crippen molar-refractivity contribution in [3.63, 3.8) is 0 Å². The summed E-state index contributed by atoms with van der Waals surface area (Å²) in [5, 5.41) is 7.24. The molecule has 2 aromatic carbocycles. The van der Waals surface area contributed by atoms with E-state index in [2.05, 4.69) is 10.4 Å². The smallest absolute Gasteiger partial charge is 0.225 e. The van der Waals surface area contributed by atoms with Gasteiger partial charge in [0.05, 0.1) is 11.4 Å². The van der Waals surface area contributed by atoms with Crippen LogP contribution in [0.2, 0.25) is 0 Å². The number of carbonyl (C=O) groups excluding carboxylic acids is 1. The second-order valence-corrected chi connectivity index (χ2v) is 5.59. The first-order valence-corrected chi connectivity index (χ1v) is 7.78. The van der Waals surface area contributed by atoms with Crippen LogP contribution < -0.4 is 5.32 Å². The Morgan fingerprint density at radius 2 is 1.83 bits per heavy atom. The molecule has 0 fully saturated rings. The number of halogens is 1. The van der Waals surface area contributed by atoms with E-state index < -0.39 is 0 Å². The summed E-state index contributed by atoms with van der Waals surface area (Å²) in [5.74, 6) is 0.190. The van der Waals surface area contributed by atoms with E-state index >= 15 is 0 Å². The van der Waals surface area contributed by atoms with Gasteiger partial charge in [0, 0.05) is 12.5 Å². The fourth-order valence-electron chi connectivity index (χ4n) is 2.48. The van der Waals surface area contributed by atoms with E-state index in [-0.39, 0.29) is 11.7 Å². The van der Waals surface area contributed by atoms with Crippen LogP contribution in [0.15, 0.2) is 60.7 Å². The van der Waals surface area contributed by atoms with Crippen molar-refractivity contribution in [1.29, 1.82) is 0 Å². The minimum Gasteiger partial charge on any atom is -0.311 e. The number of benzene rings is 2. The largest absolute Gasteiger partial charge is 0.311 e. The maximum atomic E-state index is 13.1. The Morgan fingerprint density at radius 3 is 2.54 bits per heavy atom. The van der Waals surface area contributed by atoms with Gasteiger partial charge in [-0.1, -0.05) is 30.3 Å². The fraction of sp³-hybridized carbons (Fsp3) is 0.158. The van der Waals surface area contributed by atoms with Crippen LogP contribution in [0.25, 0.3) is 5.69 Å². The van der Waals surface area contributed by atoms with Gasteiger partial charge < -0.3 is 5.32 Å². The van der Waals surface area contributed by atoms with Crippen molar-refractivity contribution in [3.05, 3.63) is 77.7 Å². The van der Waals surface area contributed by atoms with Crippen LogP contribution in [0.1, 0.15) is 17.7 Å². The molecule has 0 aliphatic heterocycles. The predicted octanol–water partition coefficient (Wildman–Crippen LogP) is 3.89. The monoisotopic (exact) mass is 323 g/mol. The number of aromatic nitrogens is 2. The van der Waals surface area contributed by atoms with Crippen LogP contribution in [-0.4, -0.2) is 15.7 Å². The third-order valence-electron chi connectivity index (χ3n) is 3.65. The van der Waals surface area contributed by atoms with Crippen molar-refractivity contribution < 1.29 is 9.18 Å². The van der Waals surface area contributed by atoms with Crippen LogP contribution in [0.3, 0.4) is 0 Å². The topological polar surface area (TPSA) is 46.9 Å². The van der Waals surface area contributed by atoms with Gasteiger partial charge in [-0.3, -0.25) is 4.79 Å². The van der Waals surface area contributed by atoms with Gasteiger partial charge in [0.1, 0.15) is 11.6 Å². The second kappa shape index (κ2) is 7.08. The zero-order valence-electron chi connectivity index (χ0n) is 13.4. The lowest BCUT2D eigenvalue weighted by Crippen LogP contribution is -2.15. The zero-order valence-corrected chi connectivity index (χ0v) is 13.4. The van der Waals surface area contributed by atoms with Gasteiger partial charge in [0.15, 0.2) is 0 Å². The van der Waals surface area contributed by atoms with Crippen molar-refractivity contribution >= 4 is 11.7 Å². The molecule has 3 aromatic rings. The summed E-state index contributed by atoms with van der Waals surface area (Å²) in [6, 6.07) is 17.7. The van der Waals surface area contributed by atoms with Crippen LogP contribution in [0.4, 0.5) is 10.2 Å². The lowest BCUT2D eigenvalue weighted by Gasteiger charge is -2.09. The zero-order chi connectivity index (χ0) is 16.9. The van der Waals surface area contributed by atoms with Gasteiger partial charge in [-0.15, -0.1) is 0 Å². The molecule has 1 N–H and O–H groups in total. The molecular formula is C19H18FN3O. The van der Waals surface area contributed by atoms with Crippen molar-refractivity contribution in [2.45, 2.75) is 19.8 Å². The Bertz CT molecular complexity index is 826.